The quantitative estimate of drug-likeness (QED) is 0.847. The summed E-state index contributed by atoms with van der Waals surface area (Å²) >= 11 is 0. The SMILES string of the molecule is CCOC(=O)c1c(C)oc2ncnc(NC(C)CC)c12. The highest BCUT2D eigenvalue weighted by Gasteiger charge is 2.23. The maximum Gasteiger partial charge on any atom is 0.342 e. The molecule has 0 aromatic carbocycles. The third kappa shape index (κ3) is 2.59. The molecule has 108 valence electrons. The van der Waals surface area contributed by atoms with E-state index in [1.165, 1.54) is 6.33 Å². The number of carbonyl (C=O) groups excluding carboxylic acids is 1. The van der Waals surface area contributed by atoms with Crippen molar-refractivity contribution < 1.29 is 13.9 Å². The third-order valence-corrected chi connectivity index (χ3v) is 3.14. The van der Waals surface area contributed by atoms with Crippen molar-refractivity contribution >= 4 is 22.9 Å². The van der Waals surface area contributed by atoms with E-state index in [-0.39, 0.29) is 6.04 Å². The largest absolute Gasteiger partial charge is 0.462 e. The lowest BCUT2D eigenvalue weighted by atomic mass is 10.1. The number of aromatic nitrogens is 2. The number of rotatable bonds is 5. The first kappa shape index (κ1) is 14.3. The minimum Gasteiger partial charge on any atom is -0.462 e. The zero-order valence-corrected chi connectivity index (χ0v) is 12.2. The standard InChI is InChI=1S/C14H19N3O3/c1-5-8(3)17-12-11-10(14(18)19-6-2)9(4)20-13(11)16-7-15-12/h7-8H,5-6H2,1-4H3,(H,15,16,17). The molecule has 2 aromatic rings. The molecule has 1 N–H and O–H groups in total. The number of anilines is 1. The molecule has 0 spiro atoms. The molecule has 2 rings (SSSR count). The fourth-order valence-electron chi connectivity index (χ4n) is 1.94. The number of fused-ring (bicyclic) bond motifs is 1. The molecule has 0 radical (unpaired) electrons. The molecule has 1 unspecified atom stereocenters. The van der Waals surface area contributed by atoms with Gasteiger partial charge in [0.2, 0.25) is 5.71 Å². The number of nitrogens with one attached hydrogen (secondary N) is 1. The van der Waals surface area contributed by atoms with Crippen molar-refractivity contribution in [2.75, 3.05) is 11.9 Å². The van der Waals surface area contributed by atoms with E-state index in [1.54, 1.807) is 13.8 Å². The van der Waals surface area contributed by atoms with E-state index in [1.807, 2.05) is 6.92 Å². The number of ether oxygens (including phenoxy) is 1. The molecule has 0 fully saturated rings. The van der Waals surface area contributed by atoms with Gasteiger partial charge in [-0.05, 0) is 27.2 Å². The predicted octanol–water partition coefficient (Wildman–Crippen LogP) is 2.92. The fourth-order valence-corrected chi connectivity index (χ4v) is 1.94. The van der Waals surface area contributed by atoms with Gasteiger partial charge >= 0.3 is 5.97 Å². The van der Waals surface area contributed by atoms with E-state index in [4.69, 9.17) is 9.15 Å². The van der Waals surface area contributed by atoms with Crippen LogP contribution < -0.4 is 5.32 Å². The van der Waals surface area contributed by atoms with Crippen molar-refractivity contribution in [3.8, 4) is 0 Å². The summed E-state index contributed by atoms with van der Waals surface area (Å²) in [7, 11) is 0. The summed E-state index contributed by atoms with van der Waals surface area (Å²) in [5.41, 5.74) is 0.791. The van der Waals surface area contributed by atoms with Crippen LogP contribution in [0.5, 0.6) is 0 Å². The topological polar surface area (TPSA) is 77.2 Å². The van der Waals surface area contributed by atoms with Crippen molar-refractivity contribution in [2.45, 2.75) is 40.2 Å². The van der Waals surface area contributed by atoms with Gasteiger partial charge in [0.25, 0.3) is 0 Å². The highest BCUT2D eigenvalue weighted by atomic mass is 16.5. The second kappa shape index (κ2) is 5.90. The van der Waals surface area contributed by atoms with Crippen LogP contribution in [0.25, 0.3) is 11.1 Å². The van der Waals surface area contributed by atoms with E-state index < -0.39 is 5.97 Å². The Balaban J connectivity index is 2.56. The minimum absolute atomic E-state index is 0.235. The molecule has 6 heteroatoms. The predicted molar refractivity (Wildman–Crippen MR) is 75.9 cm³/mol. The summed E-state index contributed by atoms with van der Waals surface area (Å²) < 4.78 is 10.6. The van der Waals surface area contributed by atoms with Crippen molar-refractivity contribution in [3.63, 3.8) is 0 Å². The first-order valence-corrected chi connectivity index (χ1v) is 6.76. The second-order valence-electron chi connectivity index (χ2n) is 4.61. The smallest absolute Gasteiger partial charge is 0.342 e. The zero-order valence-electron chi connectivity index (χ0n) is 12.2. The van der Waals surface area contributed by atoms with Gasteiger partial charge in [0.15, 0.2) is 0 Å². The maximum absolute atomic E-state index is 12.1. The fraction of sp³-hybridized carbons (Fsp3) is 0.500. The van der Waals surface area contributed by atoms with Crippen LogP contribution in [0.4, 0.5) is 5.82 Å². The molecule has 0 saturated heterocycles. The molecule has 0 saturated carbocycles. The van der Waals surface area contributed by atoms with Crippen LogP contribution in [-0.4, -0.2) is 28.6 Å². The van der Waals surface area contributed by atoms with E-state index in [9.17, 15) is 4.79 Å². The summed E-state index contributed by atoms with van der Waals surface area (Å²) in [5, 5.41) is 3.85. The Morgan fingerprint density at radius 2 is 2.20 bits per heavy atom. The minimum atomic E-state index is -0.411. The van der Waals surface area contributed by atoms with Crippen molar-refractivity contribution in [2.24, 2.45) is 0 Å². The zero-order chi connectivity index (χ0) is 14.7. The number of aryl methyl sites for hydroxylation is 1. The lowest BCUT2D eigenvalue weighted by Crippen LogP contribution is -2.15. The van der Waals surface area contributed by atoms with Gasteiger partial charge in [0.05, 0.1) is 12.0 Å². The maximum atomic E-state index is 12.1. The molecular formula is C14H19N3O3. The Morgan fingerprint density at radius 1 is 1.45 bits per heavy atom. The molecule has 0 amide bonds. The van der Waals surface area contributed by atoms with Gasteiger partial charge in [-0.15, -0.1) is 0 Å². The number of hydrogen-bond donors (Lipinski definition) is 1. The summed E-state index contributed by atoms with van der Waals surface area (Å²) in [6.45, 7) is 7.92. The summed E-state index contributed by atoms with van der Waals surface area (Å²) in [5.74, 6) is 0.682. The first-order valence-electron chi connectivity index (χ1n) is 6.76. The Hall–Kier alpha value is -2.11. The molecule has 0 bridgehead atoms. The van der Waals surface area contributed by atoms with Crippen LogP contribution in [0.15, 0.2) is 10.7 Å². The second-order valence-corrected chi connectivity index (χ2v) is 4.61. The molecule has 2 heterocycles. The number of nitrogens with zero attached hydrogens (tertiary/aromatic N) is 2. The van der Waals surface area contributed by atoms with Crippen molar-refractivity contribution in [1.29, 1.82) is 0 Å². The van der Waals surface area contributed by atoms with Crippen LogP contribution >= 0.6 is 0 Å². The van der Waals surface area contributed by atoms with E-state index >= 15 is 0 Å². The number of esters is 1. The van der Waals surface area contributed by atoms with Crippen LogP contribution in [-0.2, 0) is 4.74 Å². The Bertz CT molecular complexity index is 621. The Kier molecular flexibility index (Phi) is 4.22. The summed E-state index contributed by atoms with van der Waals surface area (Å²) in [4.78, 5) is 20.4. The van der Waals surface area contributed by atoms with Crippen LogP contribution in [0, 0.1) is 6.92 Å². The lowest BCUT2D eigenvalue weighted by Gasteiger charge is -2.12. The molecule has 0 aliphatic carbocycles. The van der Waals surface area contributed by atoms with Crippen LogP contribution in [0.3, 0.4) is 0 Å². The van der Waals surface area contributed by atoms with Gasteiger partial charge in [-0.25, -0.2) is 14.8 Å². The molecule has 6 nitrogen and oxygen atoms in total. The van der Waals surface area contributed by atoms with Gasteiger partial charge in [-0.2, -0.15) is 0 Å². The van der Waals surface area contributed by atoms with Crippen molar-refractivity contribution in [3.05, 3.63) is 17.7 Å². The van der Waals surface area contributed by atoms with Gasteiger partial charge in [0.1, 0.15) is 23.5 Å². The highest BCUT2D eigenvalue weighted by molar-refractivity contribution is 6.07. The number of furan rings is 1. The van der Waals surface area contributed by atoms with Crippen LogP contribution in [0.2, 0.25) is 0 Å². The van der Waals surface area contributed by atoms with E-state index in [0.717, 1.165) is 6.42 Å². The summed E-state index contributed by atoms with van der Waals surface area (Å²) in [6, 6.07) is 0.235. The molecular weight excluding hydrogens is 258 g/mol. The van der Waals surface area contributed by atoms with E-state index in [2.05, 4.69) is 22.2 Å². The normalized spacial score (nSPS) is 12.4. The van der Waals surface area contributed by atoms with E-state index in [0.29, 0.717) is 34.8 Å². The summed E-state index contributed by atoms with van der Waals surface area (Å²) in [6.07, 6.45) is 2.36. The molecule has 20 heavy (non-hydrogen) atoms. The highest BCUT2D eigenvalue weighted by Crippen LogP contribution is 2.30. The molecule has 1 atom stereocenters. The van der Waals surface area contributed by atoms with Gasteiger partial charge in [0, 0.05) is 6.04 Å². The van der Waals surface area contributed by atoms with Gasteiger partial charge < -0.3 is 14.5 Å². The monoisotopic (exact) mass is 277 g/mol. The number of hydrogen-bond acceptors (Lipinski definition) is 6. The third-order valence-electron chi connectivity index (χ3n) is 3.14. The average Bonchev–Trinajstić information content (AvgIpc) is 2.76. The molecule has 2 aromatic heterocycles. The average molecular weight is 277 g/mol. The Labute approximate surface area is 117 Å². The van der Waals surface area contributed by atoms with Gasteiger partial charge in [-0.3, -0.25) is 0 Å². The molecule has 0 aliphatic heterocycles. The first-order chi connectivity index (χ1) is 9.58. The molecule has 0 aliphatic rings. The Morgan fingerprint density at radius 3 is 2.85 bits per heavy atom. The number of carbonyl (C=O) groups is 1. The van der Waals surface area contributed by atoms with Crippen LogP contribution in [0.1, 0.15) is 43.3 Å². The van der Waals surface area contributed by atoms with Crippen molar-refractivity contribution in [1.82, 2.24) is 9.97 Å². The lowest BCUT2D eigenvalue weighted by molar-refractivity contribution is 0.0526. The van der Waals surface area contributed by atoms with Gasteiger partial charge in [-0.1, -0.05) is 6.92 Å².